The van der Waals surface area contributed by atoms with Gasteiger partial charge in [0.15, 0.2) is 5.78 Å². The maximum atomic E-state index is 12.5. The molecule has 1 atom stereocenters. The molecule has 0 N–H and O–H groups in total. The van der Waals surface area contributed by atoms with Crippen LogP contribution in [0.4, 0.5) is 0 Å². The Morgan fingerprint density at radius 3 is 2.61 bits per heavy atom. The van der Waals surface area contributed by atoms with Crippen LogP contribution in [0.5, 0.6) is 0 Å². The van der Waals surface area contributed by atoms with Crippen molar-refractivity contribution in [1.82, 2.24) is 0 Å². The molecule has 1 unspecified atom stereocenters. The van der Waals surface area contributed by atoms with Gasteiger partial charge in [0.25, 0.3) is 0 Å². The Morgan fingerprint density at radius 1 is 1.17 bits per heavy atom. The Balaban J connectivity index is 2.44. The molecule has 0 bridgehead atoms. The number of fused-ring (bicyclic) bond motifs is 1. The monoisotopic (exact) mass is 242 g/mol. The summed E-state index contributed by atoms with van der Waals surface area (Å²) < 4.78 is 5.31. The normalized spacial score (nSPS) is 12.6. The quantitative estimate of drug-likeness (QED) is 0.745. The molecule has 0 aliphatic heterocycles. The summed E-state index contributed by atoms with van der Waals surface area (Å²) in [5, 5.41) is 2.10. The number of methoxy groups -OCH3 is 1. The van der Waals surface area contributed by atoms with Crippen LogP contribution in [-0.4, -0.2) is 19.0 Å². The number of carbonyl (C=O) groups is 1. The zero-order valence-electron chi connectivity index (χ0n) is 10.8. The summed E-state index contributed by atoms with van der Waals surface area (Å²) in [6.45, 7) is 2.06. The SMILES string of the molecule is CCCC(OC)C(=O)c1cccc2ccccc12. The first kappa shape index (κ1) is 12.8. The Bertz CT molecular complexity index is 540. The topological polar surface area (TPSA) is 26.3 Å². The standard InChI is InChI=1S/C16H18O2/c1-3-7-15(18-2)16(17)14-11-6-9-12-8-4-5-10-13(12)14/h4-6,8-11,15H,3,7H2,1-2H3. The second-order valence-electron chi connectivity index (χ2n) is 4.40. The Kier molecular flexibility index (Phi) is 4.11. The predicted octanol–water partition coefficient (Wildman–Crippen LogP) is 3.84. The van der Waals surface area contributed by atoms with Gasteiger partial charge in [-0.3, -0.25) is 4.79 Å². The fourth-order valence-corrected chi connectivity index (χ4v) is 2.23. The van der Waals surface area contributed by atoms with Gasteiger partial charge in [0, 0.05) is 12.7 Å². The van der Waals surface area contributed by atoms with E-state index in [9.17, 15) is 4.79 Å². The van der Waals surface area contributed by atoms with Gasteiger partial charge in [-0.1, -0.05) is 55.8 Å². The molecule has 0 spiro atoms. The molecule has 0 saturated carbocycles. The van der Waals surface area contributed by atoms with Crippen molar-refractivity contribution in [1.29, 1.82) is 0 Å². The molecule has 2 aromatic rings. The van der Waals surface area contributed by atoms with Crippen molar-refractivity contribution >= 4 is 16.6 Å². The van der Waals surface area contributed by atoms with Gasteiger partial charge in [0.2, 0.25) is 0 Å². The summed E-state index contributed by atoms with van der Waals surface area (Å²) in [4.78, 5) is 12.5. The van der Waals surface area contributed by atoms with E-state index in [1.807, 2.05) is 42.5 Å². The van der Waals surface area contributed by atoms with E-state index in [1.165, 1.54) is 0 Å². The summed E-state index contributed by atoms with van der Waals surface area (Å²) >= 11 is 0. The van der Waals surface area contributed by atoms with Gasteiger partial charge < -0.3 is 4.74 Å². The first-order valence-electron chi connectivity index (χ1n) is 6.32. The van der Waals surface area contributed by atoms with E-state index < -0.39 is 0 Å². The average molecular weight is 242 g/mol. The highest BCUT2D eigenvalue weighted by Gasteiger charge is 2.20. The van der Waals surface area contributed by atoms with Crippen molar-refractivity contribution in [3.63, 3.8) is 0 Å². The average Bonchev–Trinajstić information content (AvgIpc) is 2.43. The molecule has 2 aromatic carbocycles. The van der Waals surface area contributed by atoms with Crippen molar-refractivity contribution < 1.29 is 9.53 Å². The molecule has 2 rings (SSSR count). The van der Waals surface area contributed by atoms with E-state index in [1.54, 1.807) is 7.11 Å². The number of hydrogen-bond donors (Lipinski definition) is 0. The second-order valence-corrected chi connectivity index (χ2v) is 4.40. The van der Waals surface area contributed by atoms with Crippen LogP contribution < -0.4 is 0 Å². The predicted molar refractivity (Wildman–Crippen MR) is 74.0 cm³/mol. The van der Waals surface area contributed by atoms with Crippen molar-refractivity contribution in [3.05, 3.63) is 48.0 Å². The van der Waals surface area contributed by atoms with Crippen LogP contribution in [0.15, 0.2) is 42.5 Å². The lowest BCUT2D eigenvalue weighted by Crippen LogP contribution is -2.23. The number of Topliss-reactive ketones (excluding diaryl/α,β-unsaturated/α-hetero) is 1. The molecular formula is C16H18O2. The van der Waals surface area contributed by atoms with Crippen LogP contribution in [0, 0.1) is 0 Å². The van der Waals surface area contributed by atoms with E-state index in [2.05, 4.69) is 6.92 Å². The first-order valence-corrected chi connectivity index (χ1v) is 6.32. The highest BCUT2D eigenvalue weighted by molar-refractivity contribution is 6.10. The zero-order chi connectivity index (χ0) is 13.0. The highest BCUT2D eigenvalue weighted by atomic mass is 16.5. The molecule has 0 fully saturated rings. The number of ether oxygens (including phenoxy) is 1. The molecule has 0 aliphatic rings. The van der Waals surface area contributed by atoms with E-state index in [4.69, 9.17) is 4.74 Å². The third-order valence-corrected chi connectivity index (χ3v) is 3.18. The van der Waals surface area contributed by atoms with Crippen LogP contribution in [0.1, 0.15) is 30.1 Å². The molecule has 0 heterocycles. The minimum atomic E-state index is -0.333. The molecule has 0 amide bonds. The van der Waals surface area contributed by atoms with Crippen molar-refractivity contribution in [3.8, 4) is 0 Å². The molecule has 18 heavy (non-hydrogen) atoms. The van der Waals surface area contributed by atoms with Gasteiger partial charge in [0.1, 0.15) is 6.10 Å². The van der Waals surface area contributed by atoms with Gasteiger partial charge >= 0.3 is 0 Å². The lowest BCUT2D eigenvalue weighted by atomic mass is 9.97. The minimum absolute atomic E-state index is 0.0798. The summed E-state index contributed by atoms with van der Waals surface area (Å²) in [6, 6.07) is 13.8. The fraction of sp³-hybridized carbons (Fsp3) is 0.312. The van der Waals surface area contributed by atoms with E-state index in [-0.39, 0.29) is 11.9 Å². The fourth-order valence-electron chi connectivity index (χ4n) is 2.23. The number of hydrogen-bond acceptors (Lipinski definition) is 2. The molecule has 0 saturated heterocycles. The molecule has 0 aromatic heterocycles. The summed E-state index contributed by atoms with van der Waals surface area (Å²) in [7, 11) is 1.60. The van der Waals surface area contributed by atoms with Gasteiger partial charge in [0.05, 0.1) is 0 Å². The lowest BCUT2D eigenvalue weighted by Gasteiger charge is -2.14. The third-order valence-electron chi connectivity index (χ3n) is 3.18. The largest absolute Gasteiger partial charge is 0.373 e. The lowest BCUT2D eigenvalue weighted by molar-refractivity contribution is 0.0580. The van der Waals surface area contributed by atoms with Crippen LogP contribution in [0.25, 0.3) is 10.8 Å². The Labute approximate surface area is 108 Å². The first-order chi connectivity index (χ1) is 8.77. The van der Waals surface area contributed by atoms with Crippen LogP contribution in [0.2, 0.25) is 0 Å². The van der Waals surface area contributed by atoms with Crippen LogP contribution in [0.3, 0.4) is 0 Å². The summed E-state index contributed by atoms with van der Waals surface area (Å²) in [5.74, 6) is 0.0798. The minimum Gasteiger partial charge on any atom is -0.373 e. The van der Waals surface area contributed by atoms with Crippen molar-refractivity contribution in [2.75, 3.05) is 7.11 Å². The molecule has 0 radical (unpaired) electrons. The summed E-state index contributed by atoms with van der Waals surface area (Å²) in [5.41, 5.74) is 0.758. The summed E-state index contributed by atoms with van der Waals surface area (Å²) in [6.07, 6.45) is 1.37. The second kappa shape index (κ2) is 5.78. The van der Waals surface area contributed by atoms with Gasteiger partial charge in [-0.15, -0.1) is 0 Å². The highest BCUT2D eigenvalue weighted by Crippen LogP contribution is 2.21. The third kappa shape index (κ3) is 2.44. The van der Waals surface area contributed by atoms with Gasteiger partial charge in [-0.05, 0) is 17.2 Å². The Hall–Kier alpha value is -1.67. The maximum Gasteiger partial charge on any atom is 0.192 e. The van der Waals surface area contributed by atoms with E-state index in [0.717, 1.165) is 29.2 Å². The van der Waals surface area contributed by atoms with Gasteiger partial charge in [-0.2, -0.15) is 0 Å². The van der Waals surface area contributed by atoms with E-state index >= 15 is 0 Å². The number of benzene rings is 2. The number of carbonyl (C=O) groups excluding carboxylic acids is 1. The molecule has 0 aliphatic carbocycles. The molecule has 2 heteroatoms. The molecule has 94 valence electrons. The molecule has 2 nitrogen and oxygen atoms in total. The Morgan fingerprint density at radius 2 is 1.89 bits per heavy atom. The van der Waals surface area contributed by atoms with E-state index in [0.29, 0.717) is 0 Å². The van der Waals surface area contributed by atoms with Crippen molar-refractivity contribution in [2.45, 2.75) is 25.9 Å². The van der Waals surface area contributed by atoms with Crippen molar-refractivity contribution in [2.24, 2.45) is 0 Å². The zero-order valence-corrected chi connectivity index (χ0v) is 10.8. The van der Waals surface area contributed by atoms with Crippen LogP contribution in [-0.2, 0) is 4.74 Å². The smallest absolute Gasteiger partial charge is 0.192 e. The van der Waals surface area contributed by atoms with Gasteiger partial charge in [-0.25, -0.2) is 0 Å². The maximum absolute atomic E-state index is 12.5. The number of ketones is 1. The molecular weight excluding hydrogens is 224 g/mol. The number of rotatable bonds is 5. The van der Waals surface area contributed by atoms with Crippen LogP contribution >= 0.6 is 0 Å².